The first-order chi connectivity index (χ1) is 10.5. The second-order valence-electron chi connectivity index (χ2n) is 6.73. The molecule has 3 rings (SSSR count). The van der Waals surface area contributed by atoms with Crippen LogP contribution < -0.4 is 0 Å². The van der Waals surface area contributed by atoms with Crippen LogP contribution in [0.15, 0.2) is 6.07 Å². The second kappa shape index (κ2) is 5.70. The van der Waals surface area contributed by atoms with Crippen LogP contribution in [0.5, 0.6) is 0 Å². The van der Waals surface area contributed by atoms with Crippen LogP contribution in [0.1, 0.15) is 47.9 Å². The van der Waals surface area contributed by atoms with Gasteiger partial charge in [0.25, 0.3) is 5.91 Å². The highest BCUT2D eigenvalue weighted by atomic mass is 16.5. The lowest BCUT2D eigenvalue weighted by atomic mass is 9.58. The Morgan fingerprint density at radius 3 is 2.64 bits per heavy atom. The van der Waals surface area contributed by atoms with Crippen LogP contribution in [-0.4, -0.2) is 52.8 Å². The highest BCUT2D eigenvalue weighted by Gasteiger charge is 2.56. The van der Waals surface area contributed by atoms with Gasteiger partial charge < -0.3 is 19.7 Å². The third-order valence-corrected chi connectivity index (χ3v) is 5.46. The fourth-order valence-electron chi connectivity index (χ4n) is 4.05. The number of carbonyl (C=O) groups excluding carboxylic acids is 1. The summed E-state index contributed by atoms with van der Waals surface area (Å²) in [6, 6.07) is 2.00. The fourth-order valence-corrected chi connectivity index (χ4v) is 4.05. The smallest absolute Gasteiger partial charge is 0.270 e. The lowest BCUT2D eigenvalue weighted by Crippen LogP contribution is -2.62. The van der Waals surface area contributed by atoms with E-state index < -0.39 is 0 Å². The van der Waals surface area contributed by atoms with Gasteiger partial charge in [-0.1, -0.05) is 0 Å². The average molecular weight is 306 g/mol. The van der Waals surface area contributed by atoms with Crippen molar-refractivity contribution < 1.29 is 14.6 Å². The molecule has 2 heterocycles. The van der Waals surface area contributed by atoms with E-state index >= 15 is 0 Å². The first-order valence-electron chi connectivity index (χ1n) is 8.23. The molecule has 22 heavy (non-hydrogen) atoms. The molecule has 1 spiro atoms. The molecule has 2 N–H and O–H groups in total. The second-order valence-corrected chi connectivity index (χ2v) is 6.73. The van der Waals surface area contributed by atoms with Crippen molar-refractivity contribution in [1.82, 2.24) is 9.88 Å². The molecule has 5 heteroatoms. The SMILES string of the molecule is CCO[C@@H]1C[C@@H](O)C12CCN(C(=O)c1[nH]c(C)cc1C)CC2. The van der Waals surface area contributed by atoms with Crippen molar-refractivity contribution in [2.45, 2.75) is 52.2 Å². The maximum Gasteiger partial charge on any atom is 0.270 e. The first kappa shape index (κ1) is 15.6. The number of aliphatic hydroxyl groups excluding tert-OH is 1. The lowest BCUT2D eigenvalue weighted by molar-refractivity contribution is -0.207. The van der Waals surface area contributed by atoms with Crippen molar-refractivity contribution in [3.8, 4) is 0 Å². The molecule has 0 aromatic carbocycles. The number of aromatic nitrogens is 1. The molecule has 0 bridgehead atoms. The number of H-pyrrole nitrogens is 1. The Balaban J connectivity index is 1.67. The number of likely N-dealkylation sites (tertiary alicyclic amines) is 1. The molecule has 2 aliphatic rings. The Labute approximate surface area is 131 Å². The number of nitrogens with zero attached hydrogens (tertiary/aromatic N) is 1. The van der Waals surface area contributed by atoms with Crippen molar-refractivity contribution in [1.29, 1.82) is 0 Å². The predicted molar refractivity (Wildman–Crippen MR) is 83.9 cm³/mol. The predicted octanol–water partition coefficient (Wildman–Crippen LogP) is 2.02. The standard InChI is InChI=1S/C17H26N2O3/c1-4-22-14-10-13(20)17(14)5-7-19(8-6-17)16(21)15-11(2)9-12(3)18-15/h9,13-14,18,20H,4-8,10H2,1-3H3/t13-,14-/m1/s1. The van der Waals surface area contributed by atoms with E-state index in [1.807, 2.05) is 31.7 Å². The molecule has 2 atom stereocenters. The number of carbonyl (C=O) groups is 1. The molecule has 0 unspecified atom stereocenters. The summed E-state index contributed by atoms with van der Waals surface area (Å²) in [7, 11) is 0. The Bertz CT molecular complexity index is 556. The summed E-state index contributed by atoms with van der Waals surface area (Å²) in [5.41, 5.74) is 2.58. The number of nitrogens with one attached hydrogen (secondary N) is 1. The summed E-state index contributed by atoms with van der Waals surface area (Å²) in [5.74, 6) is 0.0715. The van der Waals surface area contributed by atoms with Gasteiger partial charge in [0, 0.05) is 37.2 Å². The zero-order valence-corrected chi connectivity index (χ0v) is 13.7. The Morgan fingerprint density at radius 1 is 1.45 bits per heavy atom. The topological polar surface area (TPSA) is 65.6 Å². The number of hydrogen-bond donors (Lipinski definition) is 2. The zero-order valence-electron chi connectivity index (χ0n) is 13.7. The molecule has 1 aliphatic heterocycles. The number of aryl methyl sites for hydroxylation is 2. The Morgan fingerprint density at radius 2 is 2.14 bits per heavy atom. The number of hydrogen-bond acceptors (Lipinski definition) is 3. The molecule has 1 aromatic rings. The zero-order chi connectivity index (χ0) is 15.9. The summed E-state index contributed by atoms with van der Waals surface area (Å²) >= 11 is 0. The molecule has 0 radical (unpaired) electrons. The van der Waals surface area contributed by atoms with Crippen molar-refractivity contribution in [3.05, 3.63) is 23.0 Å². The lowest BCUT2D eigenvalue weighted by Gasteiger charge is -2.56. The third kappa shape index (κ3) is 2.36. The van der Waals surface area contributed by atoms with Crippen LogP contribution in [0.25, 0.3) is 0 Å². The van der Waals surface area contributed by atoms with Gasteiger partial charge in [-0.25, -0.2) is 0 Å². The van der Waals surface area contributed by atoms with E-state index in [-0.39, 0.29) is 23.5 Å². The van der Waals surface area contributed by atoms with E-state index in [1.54, 1.807) is 0 Å². The largest absolute Gasteiger partial charge is 0.392 e. The molecular weight excluding hydrogens is 280 g/mol. The van der Waals surface area contributed by atoms with Gasteiger partial charge in [-0.2, -0.15) is 0 Å². The van der Waals surface area contributed by atoms with Crippen molar-refractivity contribution in [2.24, 2.45) is 5.41 Å². The number of rotatable bonds is 3. The molecule has 1 amide bonds. The maximum atomic E-state index is 12.6. The van der Waals surface area contributed by atoms with Crippen LogP contribution in [0.4, 0.5) is 0 Å². The van der Waals surface area contributed by atoms with Gasteiger partial charge in [0.2, 0.25) is 0 Å². The summed E-state index contributed by atoms with van der Waals surface area (Å²) in [5, 5.41) is 10.2. The van der Waals surface area contributed by atoms with Gasteiger partial charge in [0.1, 0.15) is 5.69 Å². The van der Waals surface area contributed by atoms with Gasteiger partial charge in [-0.05, 0) is 45.2 Å². The van der Waals surface area contributed by atoms with E-state index in [0.717, 1.165) is 30.5 Å². The molecule has 2 fully saturated rings. The minimum atomic E-state index is -0.282. The molecule has 1 aromatic heterocycles. The number of ether oxygens (including phenoxy) is 1. The first-order valence-corrected chi connectivity index (χ1v) is 8.23. The Kier molecular flexibility index (Phi) is 4.03. The summed E-state index contributed by atoms with van der Waals surface area (Å²) in [4.78, 5) is 17.7. The summed E-state index contributed by atoms with van der Waals surface area (Å²) < 4.78 is 5.77. The monoisotopic (exact) mass is 306 g/mol. The van der Waals surface area contributed by atoms with Crippen LogP contribution >= 0.6 is 0 Å². The van der Waals surface area contributed by atoms with Gasteiger partial charge >= 0.3 is 0 Å². The average Bonchev–Trinajstić information content (AvgIpc) is 2.85. The Hall–Kier alpha value is -1.33. The molecule has 122 valence electrons. The maximum absolute atomic E-state index is 12.6. The molecule has 5 nitrogen and oxygen atoms in total. The van der Waals surface area contributed by atoms with E-state index in [0.29, 0.717) is 25.4 Å². The van der Waals surface area contributed by atoms with Crippen molar-refractivity contribution >= 4 is 5.91 Å². The molecular formula is C17H26N2O3. The van der Waals surface area contributed by atoms with Gasteiger partial charge in [-0.3, -0.25) is 4.79 Å². The fraction of sp³-hybridized carbons (Fsp3) is 0.706. The van der Waals surface area contributed by atoms with Crippen LogP contribution in [0.3, 0.4) is 0 Å². The summed E-state index contributed by atoms with van der Waals surface area (Å²) in [6.45, 7) is 7.99. The molecule has 1 aliphatic carbocycles. The van der Waals surface area contributed by atoms with E-state index in [1.165, 1.54) is 0 Å². The molecule has 1 saturated heterocycles. The highest BCUT2D eigenvalue weighted by molar-refractivity contribution is 5.94. The van der Waals surface area contributed by atoms with Crippen LogP contribution in [0.2, 0.25) is 0 Å². The number of piperidine rings is 1. The molecule has 1 saturated carbocycles. The van der Waals surface area contributed by atoms with Gasteiger partial charge in [0.05, 0.1) is 12.2 Å². The third-order valence-electron chi connectivity index (χ3n) is 5.46. The quantitative estimate of drug-likeness (QED) is 0.898. The van der Waals surface area contributed by atoms with Gasteiger partial charge in [-0.15, -0.1) is 0 Å². The van der Waals surface area contributed by atoms with Crippen LogP contribution in [-0.2, 0) is 4.74 Å². The number of amides is 1. The van der Waals surface area contributed by atoms with Crippen molar-refractivity contribution in [3.63, 3.8) is 0 Å². The van der Waals surface area contributed by atoms with E-state index in [9.17, 15) is 9.90 Å². The van der Waals surface area contributed by atoms with Crippen molar-refractivity contribution in [2.75, 3.05) is 19.7 Å². The van der Waals surface area contributed by atoms with E-state index in [2.05, 4.69) is 4.98 Å². The summed E-state index contributed by atoms with van der Waals surface area (Å²) in [6.07, 6.45) is 2.25. The minimum absolute atomic E-state index is 0.0715. The minimum Gasteiger partial charge on any atom is -0.392 e. The number of aliphatic hydroxyl groups is 1. The van der Waals surface area contributed by atoms with E-state index in [4.69, 9.17) is 4.74 Å². The van der Waals surface area contributed by atoms with Gasteiger partial charge in [0.15, 0.2) is 0 Å². The highest BCUT2D eigenvalue weighted by Crippen LogP contribution is 2.51. The van der Waals surface area contributed by atoms with Crippen LogP contribution in [0, 0.1) is 19.3 Å². The normalized spacial score (nSPS) is 27.0. The number of aromatic amines is 1.